The SMILES string of the molecule is Cc1sc2c(c1C)C(c1ccc(Cl)cc1)=N[C@@H](CC(=O)O[C@H](C)c1ccc(C(=O)Nc3ccccc3N)cc1)c1nnc(C)n1-2. The van der Waals surface area contributed by atoms with Crippen molar-refractivity contribution in [2.75, 3.05) is 11.1 Å². The van der Waals surface area contributed by atoms with E-state index in [0.717, 1.165) is 33.0 Å². The van der Waals surface area contributed by atoms with Gasteiger partial charge in [-0.25, -0.2) is 0 Å². The van der Waals surface area contributed by atoms with Crippen molar-refractivity contribution in [1.29, 1.82) is 0 Å². The third kappa shape index (κ3) is 5.99. The van der Waals surface area contributed by atoms with Crippen LogP contribution in [0, 0.1) is 20.8 Å². The predicted octanol–water partition coefficient (Wildman–Crippen LogP) is 7.33. The van der Waals surface area contributed by atoms with Gasteiger partial charge in [0.1, 0.15) is 23.0 Å². The highest BCUT2D eigenvalue weighted by atomic mass is 35.5. The molecule has 0 aliphatic carbocycles. The number of halogens is 1. The van der Waals surface area contributed by atoms with E-state index in [4.69, 9.17) is 27.1 Å². The van der Waals surface area contributed by atoms with Crippen molar-refractivity contribution in [3.05, 3.63) is 122 Å². The molecule has 0 saturated carbocycles. The van der Waals surface area contributed by atoms with E-state index in [9.17, 15) is 9.59 Å². The van der Waals surface area contributed by atoms with E-state index < -0.39 is 18.1 Å². The average molecular weight is 639 g/mol. The van der Waals surface area contributed by atoms with Crippen LogP contribution in [0.5, 0.6) is 0 Å². The Morgan fingerprint density at radius 1 is 1.02 bits per heavy atom. The van der Waals surface area contributed by atoms with Crippen molar-refractivity contribution in [2.24, 2.45) is 4.99 Å². The molecule has 2 aromatic heterocycles. The molecule has 9 nitrogen and oxygen atoms in total. The van der Waals surface area contributed by atoms with Crippen LogP contribution in [0.1, 0.15) is 74.6 Å². The normalized spacial score (nSPS) is 14.5. The highest BCUT2D eigenvalue weighted by molar-refractivity contribution is 7.15. The van der Waals surface area contributed by atoms with Crippen molar-refractivity contribution in [2.45, 2.75) is 46.3 Å². The zero-order valence-electron chi connectivity index (χ0n) is 25.2. The van der Waals surface area contributed by atoms with Gasteiger partial charge in [-0.2, -0.15) is 0 Å². The maximum atomic E-state index is 13.4. The number of anilines is 2. The molecule has 1 amide bonds. The Labute approximate surface area is 269 Å². The topological polar surface area (TPSA) is 124 Å². The first kappa shape index (κ1) is 30.2. The zero-order valence-corrected chi connectivity index (χ0v) is 26.7. The maximum absolute atomic E-state index is 13.4. The summed E-state index contributed by atoms with van der Waals surface area (Å²) < 4.78 is 7.87. The van der Waals surface area contributed by atoms with Crippen LogP contribution < -0.4 is 11.1 Å². The smallest absolute Gasteiger partial charge is 0.309 e. The lowest BCUT2D eigenvalue weighted by Gasteiger charge is -2.17. The Morgan fingerprint density at radius 3 is 2.44 bits per heavy atom. The van der Waals surface area contributed by atoms with Crippen LogP contribution in [0.3, 0.4) is 0 Å². The van der Waals surface area contributed by atoms with E-state index in [-0.39, 0.29) is 12.3 Å². The minimum absolute atomic E-state index is 0.0362. The largest absolute Gasteiger partial charge is 0.458 e. The van der Waals surface area contributed by atoms with Gasteiger partial charge in [-0.15, -0.1) is 21.5 Å². The summed E-state index contributed by atoms with van der Waals surface area (Å²) in [5.41, 5.74) is 11.9. The van der Waals surface area contributed by atoms with Gasteiger partial charge in [0.05, 0.1) is 23.5 Å². The second-order valence-electron chi connectivity index (χ2n) is 10.9. The molecule has 0 bridgehead atoms. The van der Waals surface area contributed by atoms with Gasteiger partial charge in [0, 0.05) is 26.6 Å². The van der Waals surface area contributed by atoms with Gasteiger partial charge < -0.3 is 15.8 Å². The number of thiophene rings is 1. The molecular weight excluding hydrogens is 608 g/mol. The van der Waals surface area contributed by atoms with Crippen molar-refractivity contribution < 1.29 is 14.3 Å². The van der Waals surface area contributed by atoms with Crippen molar-refractivity contribution in [3.8, 4) is 5.00 Å². The van der Waals surface area contributed by atoms with Gasteiger partial charge in [0.2, 0.25) is 0 Å². The summed E-state index contributed by atoms with van der Waals surface area (Å²) in [7, 11) is 0. The fourth-order valence-corrected chi connectivity index (χ4v) is 6.65. The van der Waals surface area contributed by atoms with Crippen LogP contribution in [0.2, 0.25) is 5.02 Å². The standard InChI is InChI=1S/C34H31ClN6O3S/c1-18-20(3)45-34-30(18)31(23-13-15-25(35)16-14-23)37-28(32-40-39-21(4)41(32)34)17-29(42)44-19(2)22-9-11-24(12-10-22)33(43)38-27-8-6-5-7-26(27)36/h5-16,19,28H,17,36H2,1-4H3,(H,38,43)/t19-,28+/m1/s1. The molecule has 5 aromatic rings. The minimum Gasteiger partial charge on any atom is -0.458 e. The number of aryl methyl sites for hydroxylation is 2. The van der Waals surface area contributed by atoms with Crippen LogP contribution in [-0.2, 0) is 9.53 Å². The molecule has 45 heavy (non-hydrogen) atoms. The molecule has 2 atom stereocenters. The molecule has 3 heterocycles. The van der Waals surface area contributed by atoms with E-state index in [2.05, 4.69) is 29.4 Å². The van der Waals surface area contributed by atoms with E-state index in [1.165, 1.54) is 4.88 Å². The van der Waals surface area contributed by atoms with Crippen molar-refractivity contribution >= 4 is 51.9 Å². The number of para-hydroxylation sites is 2. The lowest BCUT2D eigenvalue weighted by atomic mass is 9.99. The summed E-state index contributed by atoms with van der Waals surface area (Å²) in [6.45, 7) is 7.86. The molecule has 3 aromatic carbocycles. The van der Waals surface area contributed by atoms with Crippen molar-refractivity contribution in [1.82, 2.24) is 14.8 Å². The Hall–Kier alpha value is -4.80. The number of carbonyl (C=O) groups excluding carboxylic acids is 2. The van der Waals surface area contributed by atoms with Crippen LogP contribution in [0.25, 0.3) is 5.00 Å². The predicted molar refractivity (Wildman–Crippen MR) is 178 cm³/mol. The first-order valence-corrected chi connectivity index (χ1v) is 15.6. The van der Waals surface area contributed by atoms with Crippen molar-refractivity contribution in [3.63, 3.8) is 0 Å². The molecule has 0 unspecified atom stereocenters. The minimum atomic E-state index is -0.632. The second kappa shape index (κ2) is 12.3. The van der Waals surface area contributed by atoms with Crippen LogP contribution in [0.15, 0.2) is 77.8 Å². The molecule has 0 saturated heterocycles. The second-order valence-corrected chi connectivity index (χ2v) is 12.5. The number of ether oxygens (including phenoxy) is 1. The number of amides is 1. The first-order valence-electron chi connectivity index (χ1n) is 14.4. The van der Waals surface area contributed by atoms with Gasteiger partial charge in [-0.05, 0) is 75.2 Å². The highest BCUT2D eigenvalue weighted by Crippen LogP contribution is 2.40. The molecule has 0 spiro atoms. The number of hydrogen-bond donors (Lipinski definition) is 2. The zero-order chi connectivity index (χ0) is 31.8. The quantitative estimate of drug-likeness (QED) is 0.142. The molecule has 0 radical (unpaired) electrons. The number of aromatic nitrogens is 3. The van der Waals surface area contributed by atoms with E-state index in [1.54, 1.807) is 66.8 Å². The summed E-state index contributed by atoms with van der Waals surface area (Å²) in [5.74, 6) is 0.576. The maximum Gasteiger partial charge on any atom is 0.309 e. The Kier molecular flexibility index (Phi) is 8.26. The van der Waals surface area contributed by atoms with Gasteiger partial charge in [-0.1, -0.05) is 48.0 Å². The number of nitrogens with zero attached hydrogens (tertiary/aromatic N) is 4. The fourth-order valence-electron chi connectivity index (χ4n) is 5.31. The Bertz CT molecular complexity index is 1950. The van der Waals surface area contributed by atoms with Gasteiger partial charge in [-0.3, -0.25) is 19.1 Å². The lowest BCUT2D eigenvalue weighted by molar-refractivity contribution is -0.149. The van der Waals surface area contributed by atoms with Gasteiger partial charge >= 0.3 is 5.97 Å². The molecule has 1 aliphatic heterocycles. The van der Waals surface area contributed by atoms with Crippen LogP contribution >= 0.6 is 22.9 Å². The number of fused-ring (bicyclic) bond motifs is 3. The van der Waals surface area contributed by atoms with Crippen LogP contribution in [0.4, 0.5) is 11.4 Å². The Balaban J connectivity index is 1.23. The van der Waals surface area contributed by atoms with E-state index in [0.29, 0.717) is 33.6 Å². The molecule has 0 fully saturated rings. The molecule has 11 heteroatoms. The summed E-state index contributed by atoms with van der Waals surface area (Å²) in [6, 6.07) is 20.9. The number of nitrogens with two attached hydrogens (primary N) is 1. The molecular formula is C34H31ClN6O3S. The van der Waals surface area contributed by atoms with E-state index in [1.807, 2.05) is 35.8 Å². The number of hydrogen-bond acceptors (Lipinski definition) is 8. The number of nitrogen functional groups attached to an aromatic ring is 1. The number of esters is 1. The third-order valence-electron chi connectivity index (χ3n) is 7.88. The summed E-state index contributed by atoms with van der Waals surface area (Å²) in [5, 5.41) is 13.2. The number of carbonyl (C=O) groups is 2. The summed E-state index contributed by atoms with van der Waals surface area (Å²) >= 11 is 7.86. The number of rotatable bonds is 7. The first-order chi connectivity index (χ1) is 21.6. The monoisotopic (exact) mass is 638 g/mol. The molecule has 6 rings (SSSR count). The molecule has 3 N–H and O–H groups in total. The lowest BCUT2D eigenvalue weighted by Crippen LogP contribution is -2.15. The molecule has 228 valence electrons. The fraction of sp³-hybridized carbons (Fsp3) is 0.206. The molecule has 1 aliphatic rings. The van der Waals surface area contributed by atoms with E-state index >= 15 is 0 Å². The highest BCUT2D eigenvalue weighted by Gasteiger charge is 2.33. The number of benzene rings is 3. The number of aliphatic imine (C=N–C) groups is 1. The van der Waals surface area contributed by atoms with Gasteiger partial charge in [0.15, 0.2) is 5.82 Å². The third-order valence-corrected chi connectivity index (χ3v) is 9.32. The summed E-state index contributed by atoms with van der Waals surface area (Å²) in [4.78, 5) is 32.5. The number of nitrogens with one attached hydrogen (secondary N) is 1. The van der Waals surface area contributed by atoms with Gasteiger partial charge in [0.25, 0.3) is 5.91 Å². The van der Waals surface area contributed by atoms with Crippen LogP contribution in [-0.4, -0.2) is 32.4 Å². The summed E-state index contributed by atoms with van der Waals surface area (Å²) in [6.07, 6.45) is -0.595. The Morgan fingerprint density at radius 2 is 1.73 bits per heavy atom. The average Bonchev–Trinajstić information content (AvgIpc) is 3.50.